The first-order chi connectivity index (χ1) is 35.5. The van der Waals surface area contributed by atoms with Crippen molar-refractivity contribution in [2.24, 2.45) is 0 Å². The summed E-state index contributed by atoms with van der Waals surface area (Å²) in [5, 5.41) is 14.0. The Bertz CT molecular complexity index is 1240. The number of nitrogens with one attached hydrogen (secondary N) is 1. The standard InChI is InChI=1S/C64H127N2O6P/c1-6-8-10-12-14-16-18-20-22-24-26-28-29-30-31-32-33-34-35-36-37-38-40-42-44-46-48-50-52-54-56-58-64(68)65-62(61-72-73(69,70)71-60-59-66(3,4)5)63(67)57-55-53-51-49-47-45-43-41-39-27-25-23-21-19-17-15-13-11-9-7-2/h30-31,55,57,62-63,67H,6-29,32-54,56,58-61H2,1-5H3,(H-,65,68,69,70)/p+1/b31-30-,57-55+. The molecular formula is C64H128N2O6P+. The molecule has 0 saturated carbocycles. The fourth-order valence-electron chi connectivity index (χ4n) is 9.86. The molecule has 73 heavy (non-hydrogen) atoms. The topological polar surface area (TPSA) is 105 Å². The van der Waals surface area contributed by atoms with Crippen LogP contribution in [0.1, 0.15) is 328 Å². The summed E-state index contributed by atoms with van der Waals surface area (Å²) in [6.07, 6.45) is 71.6. The van der Waals surface area contributed by atoms with Gasteiger partial charge in [-0.15, -0.1) is 0 Å². The van der Waals surface area contributed by atoms with Gasteiger partial charge in [0.2, 0.25) is 5.91 Å². The number of aliphatic hydroxyl groups excluding tert-OH is 1. The first kappa shape index (κ1) is 72.0. The van der Waals surface area contributed by atoms with Crippen molar-refractivity contribution < 1.29 is 32.9 Å². The van der Waals surface area contributed by atoms with E-state index in [1.54, 1.807) is 6.08 Å². The van der Waals surface area contributed by atoms with Gasteiger partial charge in [-0.2, -0.15) is 0 Å². The highest BCUT2D eigenvalue weighted by Gasteiger charge is 2.28. The van der Waals surface area contributed by atoms with Crippen LogP contribution >= 0.6 is 7.82 Å². The molecule has 3 unspecified atom stereocenters. The number of allylic oxidation sites excluding steroid dienone is 3. The number of unbranched alkanes of at least 4 members (excludes halogenated alkanes) is 45. The van der Waals surface area contributed by atoms with E-state index in [9.17, 15) is 19.4 Å². The van der Waals surface area contributed by atoms with Gasteiger partial charge in [0.15, 0.2) is 0 Å². The summed E-state index contributed by atoms with van der Waals surface area (Å²) in [7, 11) is 1.59. The van der Waals surface area contributed by atoms with Crippen molar-refractivity contribution in [3.05, 3.63) is 24.3 Å². The van der Waals surface area contributed by atoms with Crippen molar-refractivity contribution in [1.29, 1.82) is 0 Å². The van der Waals surface area contributed by atoms with E-state index in [1.165, 1.54) is 276 Å². The zero-order valence-corrected chi connectivity index (χ0v) is 50.5. The van der Waals surface area contributed by atoms with Crippen LogP contribution in [0, 0.1) is 0 Å². The lowest BCUT2D eigenvalue weighted by Gasteiger charge is -2.25. The lowest BCUT2D eigenvalue weighted by molar-refractivity contribution is -0.870. The van der Waals surface area contributed by atoms with Gasteiger partial charge in [-0.25, -0.2) is 4.57 Å². The third-order valence-electron chi connectivity index (χ3n) is 14.9. The van der Waals surface area contributed by atoms with Crippen LogP contribution < -0.4 is 5.32 Å². The number of likely N-dealkylation sites (N-methyl/N-ethyl adjacent to an activating group) is 1. The zero-order valence-electron chi connectivity index (χ0n) is 49.7. The molecule has 0 spiro atoms. The molecule has 3 N–H and O–H groups in total. The molecule has 0 heterocycles. The number of quaternary nitrogens is 1. The quantitative estimate of drug-likeness (QED) is 0.0243. The number of carbonyl (C=O) groups excluding carboxylic acids is 1. The van der Waals surface area contributed by atoms with Gasteiger partial charge >= 0.3 is 7.82 Å². The van der Waals surface area contributed by atoms with E-state index in [4.69, 9.17) is 9.05 Å². The molecule has 9 heteroatoms. The minimum atomic E-state index is -4.35. The van der Waals surface area contributed by atoms with Gasteiger partial charge in [0.1, 0.15) is 13.2 Å². The van der Waals surface area contributed by atoms with Crippen LogP contribution in [-0.4, -0.2) is 73.4 Å². The van der Waals surface area contributed by atoms with Crippen molar-refractivity contribution in [1.82, 2.24) is 5.32 Å². The van der Waals surface area contributed by atoms with Crippen LogP contribution in [0.15, 0.2) is 24.3 Å². The molecule has 0 fully saturated rings. The zero-order chi connectivity index (χ0) is 53.5. The van der Waals surface area contributed by atoms with Crippen LogP contribution in [0.5, 0.6) is 0 Å². The smallest absolute Gasteiger partial charge is 0.387 e. The second kappa shape index (κ2) is 55.7. The van der Waals surface area contributed by atoms with Crippen LogP contribution in [0.3, 0.4) is 0 Å². The van der Waals surface area contributed by atoms with E-state index < -0.39 is 20.0 Å². The molecule has 0 aliphatic rings. The molecule has 0 rings (SSSR count). The Morgan fingerprint density at radius 3 is 1.05 bits per heavy atom. The lowest BCUT2D eigenvalue weighted by atomic mass is 10.0. The summed E-state index contributed by atoms with van der Waals surface area (Å²) in [6.45, 7) is 4.87. The van der Waals surface area contributed by atoms with Crippen molar-refractivity contribution in [2.45, 2.75) is 341 Å². The lowest BCUT2D eigenvalue weighted by Crippen LogP contribution is -2.45. The van der Waals surface area contributed by atoms with Gasteiger partial charge < -0.3 is 19.8 Å². The third-order valence-corrected chi connectivity index (χ3v) is 15.9. The number of aliphatic hydroxyl groups is 1. The van der Waals surface area contributed by atoms with E-state index >= 15 is 0 Å². The molecule has 434 valence electrons. The number of phosphoric acid groups is 1. The Hall–Kier alpha value is -1.02. The molecular weight excluding hydrogens is 924 g/mol. The highest BCUT2D eigenvalue weighted by Crippen LogP contribution is 2.43. The van der Waals surface area contributed by atoms with E-state index in [0.717, 1.165) is 32.1 Å². The molecule has 3 atom stereocenters. The summed E-state index contributed by atoms with van der Waals surface area (Å²) >= 11 is 0. The fraction of sp³-hybridized carbons (Fsp3) is 0.922. The number of phosphoric ester groups is 1. The predicted molar refractivity (Wildman–Crippen MR) is 318 cm³/mol. The summed E-state index contributed by atoms with van der Waals surface area (Å²) in [5.74, 6) is -0.171. The van der Waals surface area contributed by atoms with E-state index in [2.05, 4.69) is 31.3 Å². The number of hydrogen-bond donors (Lipinski definition) is 3. The third kappa shape index (κ3) is 58.5. The Morgan fingerprint density at radius 2 is 0.740 bits per heavy atom. The van der Waals surface area contributed by atoms with Gasteiger partial charge in [-0.05, 0) is 44.9 Å². The number of hydrogen-bond acceptors (Lipinski definition) is 5. The molecule has 0 aliphatic carbocycles. The van der Waals surface area contributed by atoms with Gasteiger partial charge in [0, 0.05) is 6.42 Å². The van der Waals surface area contributed by atoms with Gasteiger partial charge in [-0.1, -0.05) is 301 Å². The Labute approximate surface area is 455 Å². The molecule has 0 bridgehead atoms. The van der Waals surface area contributed by atoms with Gasteiger partial charge in [0.25, 0.3) is 0 Å². The minimum absolute atomic E-state index is 0.0639. The van der Waals surface area contributed by atoms with Crippen LogP contribution in [-0.2, 0) is 18.4 Å². The van der Waals surface area contributed by atoms with Crippen molar-refractivity contribution >= 4 is 13.7 Å². The average Bonchev–Trinajstić information content (AvgIpc) is 3.35. The Balaban J connectivity index is 4.06. The van der Waals surface area contributed by atoms with Gasteiger partial charge in [0.05, 0.1) is 39.9 Å². The molecule has 0 aliphatic heterocycles. The van der Waals surface area contributed by atoms with E-state index in [1.807, 2.05) is 27.2 Å². The maximum atomic E-state index is 13.0. The number of carbonyl (C=O) groups is 1. The second-order valence-corrected chi connectivity index (χ2v) is 24.9. The highest BCUT2D eigenvalue weighted by atomic mass is 31.2. The Morgan fingerprint density at radius 1 is 0.452 bits per heavy atom. The summed E-state index contributed by atoms with van der Waals surface area (Å²) in [6, 6.07) is -0.845. The van der Waals surface area contributed by atoms with Crippen molar-refractivity contribution in [3.8, 4) is 0 Å². The number of nitrogens with zero attached hydrogens (tertiary/aromatic N) is 1. The Kier molecular flexibility index (Phi) is 54.9. The molecule has 1 amide bonds. The maximum absolute atomic E-state index is 13.0. The summed E-state index contributed by atoms with van der Waals surface area (Å²) in [4.78, 5) is 23.4. The molecule has 0 saturated heterocycles. The van der Waals surface area contributed by atoms with Crippen molar-refractivity contribution in [3.63, 3.8) is 0 Å². The highest BCUT2D eigenvalue weighted by molar-refractivity contribution is 7.47. The van der Waals surface area contributed by atoms with Crippen LogP contribution in [0.25, 0.3) is 0 Å². The summed E-state index contributed by atoms with van der Waals surface area (Å²) in [5.41, 5.74) is 0. The number of rotatable bonds is 60. The first-order valence-electron chi connectivity index (χ1n) is 32.2. The SMILES string of the molecule is CCCCCCCCCCCCCC/C=C\CCCCCCCCCCCCCCCCCC(=O)NC(COP(=O)(O)OCC[N+](C)(C)C)C(O)/C=C/CCCCCCCCCCCCCCCCCCCC. The normalized spacial score (nSPS) is 13.9. The molecule has 0 aromatic rings. The minimum Gasteiger partial charge on any atom is -0.387 e. The molecule has 0 aromatic heterocycles. The predicted octanol–water partition coefficient (Wildman–Crippen LogP) is 19.9. The number of amides is 1. The summed E-state index contributed by atoms with van der Waals surface area (Å²) < 4.78 is 23.8. The van der Waals surface area contributed by atoms with Crippen LogP contribution in [0.2, 0.25) is 0 Å². The fourth-order valence-corrected chi connectivity index (χ4v) is 10.6. The first-order valence-corrected chi connectivity index (χ1v) is 33.7. The van der Waals surface area contributed by atoms with E-state index in [0.29, 0.717) is 17.4 Å². The van der Waals surface area contributed by atoms with E-state index in [-0.39, 0.29) is 19.1 Å². The van der Waals surface area contributed by atoms with Gasteiger partial charge in [-0.3, -0.25) is 13.8 Å². The maximum Gasteiger partial charge on any atom is 0.472 e. The van der Waals surface area contributed by atoms with Crippen LogP contribution in [0.4, 0.5) is 0 Å². The molecule has 0 aromatic carbocycles. The van der Waals surface area contributed by atoms with Crippen molar-refractivity contribution in [2.75, 3.05) is 40.9 Å². The monoisotopic (exact) mass is 1050 g/mol. The molecule has 0 radical (unpaired) electrons. The average molecular weight is 1050 g/mol. The largest absolute Gasteiger partial charge is 0.472 e. The second-order valence-electron chi connectivity index (χ2n) is 23.5. The molecule has 8 nitrogen and oxygen atoms in total.